The van der Waals surface area contributed by atoms with Crippen molar-refractivity contribution in [1.82, 2.24) is 5.32 Å². The number of methoxy groups -OCH3 is 1. The molecule has 0 bridgehead atoms. The summed E-state index contributed by atoms with van der Waals surface area (Å²) in [5.74, 6) is -1.20. The van der Waals surface area contributed by atoms with Gasteiger partial charge in [0, 0.05) is 6.42 Å². The molecule has 0 radical (unpaired) electrons. The summed E-state index contributed by atoms with van der Waals surface area (Å²) in [6, 6.07) is 7.75. The van der Waals surface area contributed by atoms with Gasteiger partial charge in [-0.25, -0.2) is 9.59 Å². The number of carbonyl (C=O) groups excluding carboxylic acids is 3. The van der Waals surface area contributed by atoms with E-state index < -0.39 is 23.9 Å². The molecule has 0 aromatic heterocycles. The first-order valence-electron chi connectivity index (χ1n) is 7.87. The predicted molar refractivity (Wildman–Crippen MR) is 89.3 cm³/mol. The Labute approximate surface area is 142 Å². The third-order valence-electron chi connectivity index (χ3n) is 3.84. The first-order chi connectivity index (χ1) is 11.3. The van der Waals surface area contributed by atoms with Gasteiger partial charge in [-0.3, -0.25) is 4.79 Å². The van der Waals surface area contributed by atoms with Crippen molar-refractivity contribution in [3.63, 3.8) is 0 Å². The minimum atomic E-state index is -1.36. The fourth-order valence-electron chi connectivity index (χ4n) is 1.97. The molecule has 0 fully saturated rings. The van der Waals surface area contributed by atoms with E-state index in [1.807, 2.05) is 39.0 Å². The van der Waals surface area contributed by atoms with Gasteiger partial charge in [-0.15, -0.1) is 0 Å². The van der Waals surface area contributed by atoms with E-state index in [0.717, 1.165) is 12.0 Å². The van der Waals surface area contributed by atoms with Crippen LogP contribution in [0.25, 0.3) is 0 Å². The molecule has 6 nitrogen and oxygen atoms in total. The number of rotatable bonds is 8. The number of ketones is 1. The number of carbonyl (C=O) groups is 3. The van der Waals surface area contributed by atoms with Crippen molar-refractivity contribution in [2.24, 2.45) is 5.41 Å². The van der Waals surface area contributed by atoms with Crippen molar-refractivity contribution in [3.8, 4) is 0 Å². The second kappa shape index (κ2) is 9.05. The standard InChI is InChI=1S/C18H25NO5/c1-5-18(2,3)11-14(20)15(16(21)23-4)19-17(22)24-12-13-9-7-6-8-10-13/h6-10,15H,5,11-12H2,1-4H3,(H,19,22). The van der Waals surface area contributed by atoms with Gasteiger partial charge < -0.3 is 14.8 Å². The van der Waals surface area contributed by atoms with E-state index in [0.29, 0.717) is 0 Å². The molecular formula is C18H25NO5. The van der Waals surface area contributed by atoms with E-state index in [-0.39, 0.29) is 18.4 Å². The van der Waals surface area contributed by atoms with Gasteiger partial charge >= 0.3 is 12.1 Å². The van der Waals surface area contributed by atoms with Gasteiger partial charge in [0.05, 0.1) is 7.11 Å². The number of nitrogens with one attached hydrogen (secondary N) is 1. The summed E-state index contributed by atoms with van der Waals surface area (Å²) in [6.07, 6.45) is 0.0877. The van der Waals surface area contributed by atoms with E-state index in [1.54, 1.807) is 12.1 Å². The van der Waals surface area contributed by atoms with Crippen LogP contribution in [-0.2, 0) is 25.7 Å². The molecule has 1 aromatic carbocycles. The topological polar surface area (TPSA) is 81.7 Å². The van der Waals surface area contributed by atoms with Crippen molar-refractivity contribution in [2.75, 3.05) is 7.11 Å². The first-order valence-corrected chi connectivity index (χ1v) is 7.87. The summed E-state index contributed by atoms with van der Waals surface area (Å²) in [5, 5.41) is 2.30. The van der Waals surface area contributed by atoms with Crippen LogP contribution in [0.2, 0.25) is 0 Å². The number of Topliss-reactive ketones (excluding diaryl/α,β-unsaturated/α-hetero) is 1. The molecule has 0 aliphatic carbocycles. The normalized spacial score (nSPS) is 12.2. The van der Waals surface area contributed by atoms with E-state index in [1.165, 1.54) is 7.11 Å². The lowest BCUT2D eigenvalue weighted by atomic mass is 9.83. The number of hydrogen-bond donors (Lipinski definition) is 1. The summed E-state index contributed by atoms with van der Waals surface area (Å²) < 4.78 is 9.67. The largest absolute Gasteiger partial charge is 0.467 e. The highest BCUT2D eigenvalue weighted by Crippen LogP contribution is 2.25. The fourth-order valence-corrected chi connectivity index (χ4v) is 1.97. The van der Waals surface area contributed by atoms with E-state index in [9.17, 15) is 14.4 Å². The van der Waals surface area contributed by atoms with Crippen LogP contribution in [0.5, 0.6) is 0 Å². The molecule has 132 valence electrons. The molecule has 0 spiro atoms. The van der Waals surface area contributed by atoms with Gasteiger partial charge in [0.15, 0.2) is 11.8 Å². The SMILES string of the molecule is CCC(C)(C)CC(=O)C(NC(=O)OCc1ccccc1)C(=O)OC. The molecule has 1 rings (SSSR count). The van der Waals surface area contributed by atoms with Crippen LogP contribution in [0, 0.1) is 5.41 Å². The number of alkyl carbamates (subject to hydrolysis) is 1. The minimum Gasteiger partial charge on any atom is -0.467 e. The number of ether oxygens (including phenoxy) is 2. The maximum Gasteiger partial charge on any atom is 0.408 e. The Kier molecular flexibility index (Phi) is 7.42. The lowest BCUT2D eigenvalue weighted by Gasteiger charge is -2.24. The Balaban J connectivity index is 2.66. The summed E-state index contributed by atoms with van der Waals surface area (Å²) in [5.41, 5.74) is 0.541. The molecule has 0 aliphatic rings. The average Bonchev–Trinajstić information content (AvgIpc) is 2.57. The van der Waals surface area contributed by atoms with E-state index in [4.69, 9.17) is 4.74 Å². The zero-order valence-electron chi connectivity index (χ0n) is 14.6. The smallest absolute Gasteiger partial charge is 0.408 e. The van der Waals surface area contributed by atoms with Crippen LogP contribution in [-0.4, -0.2) is 31.0 Å². The highest BCUT2D eigenvalue weighted by molar-refractivity contribution is 6.05. The molecule has 0 heterocycles. The van der Waals surface area contributed by atoms with E-state index in [2.05, 4.69) is 10.1 Å². The lowest BCUT2D eigenvalue weighted by Crippen LogP contribution is -2.48. The second-order valence-electron chi connectivity index (χ2n) is 6.32. The Bertz CT molecular complexity index is 568. The van der Waals surface area contributed by atoms with Crippen molar-refractivity contribution in [3.05, 3.63) is 35.9 Å². The van der Waals surface area contributed by atoms with Crippen LogP contribution < -0.4 is 5.32 Å². The first kappa shape index (κ1) is 19.7. The van der Waals surface area contributed by atoms with Gasteiger partial charge in [0.1, 0.15) is 6.61 Å². The Morgan fingerprint density at radius 3 is 2.33 bits per heavy atom. The molecular weight excluding hydrogens is 310 g/mol. The highest BCUT2D eigenvalue weighted by atomic mass is 16.6. The zero-order chi connectivity index (χ0) is 18.2. The monoisotopic (exact) mass is 335 g/mol. The highest BCUT2D eigenvalue weighted by Gasteiger charge is 2.33. The maximum atomic E-state index is 12.4. The molecule has 24 heavy (non-hydrogen) atoms. The molecule has 0 saturated carbocycles. The van der Waals surface area contributed by atoms with Gasteiger partial charge in [-0.1, -0.05) is 57.5 Å². The van der Waals surface area contributed by atoms with Crippen molar-refractivity contribution in [2.45, 2.75) is 46.3 Å². The third kappa shape index (κ3) is 6.40. The number of hydrogen-bond acceptors (Lipinski definition) is 5. The van der Waals surface area contributed by atoms with Crippen LogP contribution >= 0.6 is 0 Å². The van der Waals surface area contributed by atoms with E-state index >= 15 is 0 Å². The summed E-state index contributed by atoms with van der Waals surface area (Å²) >= 11 is 0. The number of benzene rings is 1. The molecule has 0 saturated heterocycles. The number of esters is 1. The molecule has 1 unspecified atom stereocenters. The minimum absolute atomic E-state index is 0.0508. The summed E-state index contributed by atoms with van der Waals surface area (Å²) in [7, 11) is 1.17. The van der Waals surface area contributed by atoms with Crippen molar-refractivity contribution < 1.29 is 23.9 Å². The zero-order valence-corrected chi connectivity index (χ0v) is 14.6. The number of amides is 1. The maximum absolute atomic E-state index is 12.4. The molecule has 1 N–H and O–H groups in total. The molecule has 1 amide bonds. The summed E-state index contributed by atoms with van der Waals surface area (Å²) in [6.45, 7) is 5.86. The molecule has 6 heteroatoms. The molecule has 1 atom stereocenters. The van der Waals surface area contributed by atoms with Gasteiger partial charge in [0.25, 0.3) is 0 Å². The van der Waals surface area contributed by atoms with Crippen LogP contribution in [0.3, 0.4) is 0 Å². The third-order valence-corrected chi connectivity index (χ3v) is 3.84. The van der Waals surface area contributed by atoms with Gasteiger partial charge in [-0.05, 0) is 11.0 Å². The quantitative estimate of drug-likeness (QED) is 0.583. The van der Waals surface area contributed by atoms with Gasteiger partial charge in [-0.2, -0.15) is 0 Å². The van der Waals surface area contributed by atoms with Crippen LogP contribution in [0.1, 0.15) is 39.2 Å². The van der Waals surface area contributed by atoms with Crippen LogP contribution in [0.15, 0.2) is 30.3 Å². The Morgan fingerprint density at radius 1 is 1.17 bits per heavy atom. The van der Waals surface area contributed by atoms with Crippen molar-refractivity contribution >= 4 is 17.8 Å². The fraction of sp³-hybridized carbons (Fsp3) is 0.500. The van der Waals surface area contributed by atoms with Crippen LogP contribution in [0.4, 0.5) is 4.79 Å². The summed E-state index contributed by atoms with van der Waals surface area (Å²) in [4.78, 5) is 36.1. The lowest BCUT2D eigenvalue weighted by molar-refractivity contribution is -0.146. The molecule has 1 aromatic rings. The average molecular weight is 335 g/mol. The van der Waals surface area contributed by atoms with Gasteiger partial charge in [0.2, 0.25) is 0 Å². The molecule has 0 aliphatic heterocycles. The second-order valence-corrected chi connectivity index (χ2v) is 6.32. The predicted octanol–water partition coefficient (Wildman–Crippen LogP) is 2.85. The Morgan fingerprint density at radius 2 is 1.79 bits per heavy atom. The Hall–Kier alpha value is -2.37. The van der Waals surface area contributed by atoms with Crippen molar-refractivity contribution in [1.29, 1.82) is 0 Å².